The predicted molar refractivity (Wildman–Crippen MR) is 123 cm³/mol. The molecule has 31 heavy (non-hydrogen) atoms. The Morgan fingerprint density at radius 2 is 1.81 bits per heavy atom. The fourth-order valence-electron chi connectivity index (χ4n) is 4.56. The largest absolute Gasteiger partial charge is 0.381 e. The molecule has 0 unspecified atom stereocenters. The number of ether oxygens (including phenoxy) is 1. The quantitative estimate of drug-likeness (QED) is 0.356. The summed E-state index contributed by atoms with van der Waals surface area (Å²) in [7, 11) is -1.89. The monoisotopic (exact) mass is 439 g/mol. The molecule has 1 saturated carbocycles. The minimum absolute atomic E-state index is 0.483. The van der Waals surface area contributed by atoms with Gasteiger partial charge in [0.1, 0.15) is 0 Å². The second-order valence-corrected chi connectivity index (χ2v) is 10.9. The number of aromatic nitrogens is 2. The van der Waals surface area contributed by atoms with Crippen LogP contribution in [0.3, 0.4) is 0 Å². The lowest BCUT2D eigenvalue weighted by Gasteiger charge is -2.33. The molecule has 6 rings (SSSR count). The van der Waals surface area contributed by atoms with Crippen molar-refractivity contribution in [3.8, 4) is 0 Å². The van der Waals surface area contributed by atoms with Crippen molar-refractivity contribution in [1.29, 1.82) is 0 Å². The van der Waals surface area contributed by atoms with Gasteiger partial charge in [-0.05, 0) is 84.7 Å². The van der Waals surface area contributed by atoms with Gasteiger partial charge in [0.25, 0.3) is 0 Å². The lowest BCUT2D eigenvalue weighted by Crippen LogP contribution is -2.23. The Morgan fingerprint density at radius 3 is 2.48 bits per heavy atom. The Balaban J connectivity index is 1.30. The lowest BCUT2D eigenvalue weighted by molar-refractivity contribution is 0.0605. The molecular weight excluding hydrogens is 410 g/mol. The molecule has 0 N–H and O–H groups in total. The zero-order chi connectivity index (χ0) is 20.8. The van der Waals surface area contributed by atoms with Gasteiger partial charge in [-0.25, -0.2) is 0 Å². The van der Waals surface area contributed by atoms with E-state index >= 15 is 0 Å². The Labute approximate surface area is 184 Å². The zero-order valence-electron chi connectivity index (χ0n) is 17.9. The minimum atomic E-state index is -1.89. The second-order valence-electron chi connectivity index (χ2n) is 8.79. The van der Waals surface area contributed by atoms with Crippen LogP contribution in [-0.2, 0) is 26.4 Å². The summed E-state index contributed by atoms with van der Waals surface area (Å²) in [5, 5.41) is 5.84. The molecular formula is C24H29N3O3S. The van der Waals surface area contributed by atoms with Crippen LogP contribution in [0.5, 0.6) is 0 Å². The van der Waals surface area contributed by atoms with Crippen LogP contribution in [0.1, 0.15) is 38.2 Å². The summed E-state index contributed by atoms with van der Waals surface area (Å²) < 4.78 is 21.6. The van der Waals surface area contributed by atoms with Crippen LogP contribution in [0.15, 0.2) is 53.6 Å². The Morgan fingerprint density at radius 1 is 1.03 bits per heavy atom. The van der Waals surface area contributed by atoms with E-state index in [0.29, 0.717) is 12.0 Å². The maximum Gasteiger partial charge on any atom is 0.0875 e. The van der Waals surface area contributed by atoms with Crippen LogP contribution < -0.4 is 4.31 Å². The van der Waals surface area contributed by atoms with Gasteiger partial charge < -0.3 is 4.74 Å². The average Bonchev–Trinajstić information content (AvgIpc) is 3.75. The number of benzene rings is 2. The maximum absolute atomic E-state index is 5.80. The number of rotatable bonds is 7. The summed E-state index contributed by atoms with van der Waals surface area (Å²) in [5.41, 5.74) is 3.71. The number of nitrogens with zero attached hydrogens (tertiary/aromatic N) is 3. The summed E-state index contributed by atoms with van der Waals surface area (Å²) in [4.78, 5) is 1.11. The lowest BCUT2D eigenvalue weighted by atomic mass is 10.0. The third kappa shape index (κ3) is 3.63. The van der Waals surface area contributed by atoms with Crippen molar-refractivity contribution in [1.82, 2.24) is 9.78 Å². The van der Waals surface area contributed by atoms with Crippen molar-refractivity contribution >= 4 is 27.4 Å². The van der Waals surface area contributed by atoms with Crippen LogP contribution in [0.4, 0.5) is 5.69 Å². The highest BCUT2D eigenvalue weighted by Crippen LogP contribution is 2.76. The first-order valence-corrected chi connectivity index (χ1v) is 12.8. The van der Waals surface area contributed by atoms with Gasteiger partial charge in [0.15, 0.2) is 0 Å². The van der Waals surface area contributed by atoms with Gasteiger partial charge in [-0.2, -0.15) is 5.10 Å². The topological polar surface area (TPSA) is 55.4 Å². The number of hydrogen-bond acceptors (Lipinski definition) is 5. The highest BCUT2D eigenvalue weighted by molar-refractivity contribution is 8.30. The van der Waals surface area contributed by atoms with E-state index in [1.165, 1.54) is 29.6 Å². The molecule has 0 amide bonds. The molecule has 2 saturated heterocycles. The number of fused-ring (bicyclic) bond motifs is 1. The minimum Gasteiger partial charge on any atom is -0.381 e. The molecule has 1 aliphatic carbocycles. The summed E-state index contributed by atoms with van der Waals surface area (Å²) in [6, 6.07) is 15.9. The van der Waals surface area contributed by atoms with Crippen molar-refractivity contribution in [2.75, 3.05) is 17.5 Å². The van der Waals surface area contributed by atoms with E-state index in [9.17, 15) is 0 Å². The normalized spacial score (nSPS) is 21.8. The molecule has 7 heteroatoms. The summed E-state index contributed by atoms with van der Waals surface area (Å²) in [6.07, 6.45) is 7.61. The molecule has 0 radical (unpaired) electrons. The standard InChI is InChI=1S/C24H29N3O3S/c1-2-18-3-5-21(6-4-18)27(22-7-8-22)31(29-30-31)23-9-10-24-20(15-23)16-25-26(24)17-19-11-13-28-14-12-19/h3-6,9-10,15-16,19,22H,2,7-8,11-14,17H2,1H3. The average molecular weight is 440 g/mol. The van der Waals surface area contributed by atoms with Gasteiger partial charge in [0.05, 0.1) is 28.3 Å². The molecule has 3 aromatic rings. The molecule has 0 bridgehead atoms. The van der Waals surface area contributed by atoms with E-state index in [0.717, 1.165) is 49.3 Å². The molecule has 2 aliphatic heterocycles. The van der Waals surface area contributed by atoms with Crippen LogP contribution in [-0.4, -0.2) is 29.0 Å². The van der Waals surface area contributed by atoms with E-state index in [1.807, 2.05) is 6.20 Å². The highest BCUT2D eigenvalue weighted by Gasteiger charge is 2.52. The van der Waals surface area contributed by atoms with E-state index in [4.69, 9.17) is 18.5 Å². The van der Waals surface area contributed by atoms with Crippen LogP contribution in [0, 0.1) is 5.92 Å². The zero-order valence-corrected chi connectivity index (χ0v) is 18.7. The van der Waals surface area contributed by atoms with Crippen LogP contribution in [0.25, 0.3) is 10.9 Å². The van der Waals surface area contributed by atoms with Crippen LogP contribution in [0.2, 0.25) is 0 Å². The Bertz CT molecular complexity index is 1070. The summed E-state index contributed by atoms with van der Waals surface area (Å²) in [5.74, 6) is 0.639. The van der Waals surface area contributed by atoms with Crippen molar-refractivity contribution in [2.24, 2.45) is 5.92 Å². The number of anilines is 1. The fourth-order valence-corrected chi connectivity index (χ4v) is 6.81. The van der Waals surface area contributed by atoms with E-state index < -0.39 is 10.8 Å². The molecule has 2 aromatic carbocycles. The predicted octanol–water partition coefficient (Wildman–Crippen LogP) is 5.56. The third-order valence-corrected chi connectivity index (χ3v) is 8.89. The van der Waals surface area contributed by atoms with Gasteiger partial charge >= 0.3 is 0 Å². The summed E-state index contributed by atoms with van der Waals surface area (Å²) >= 11 is 0. The van der Waals surface area contributed by atoms with Gasteiger partial charge in [0.2, 0.25) is 0 Å². The molecule has 3 aliphatic rings. The van der Waals surface area contributed by atoms with Crippen molar-refractivity contribution in [3.63, 3.8) is 0 Å². The molecule has 0 spiro atoms. The number of aryl methyl sites for hydroxylation is 1. The first-order valence-electron chi connectivity index (χ1n) is 11.4. The second kappa shape index (κ2) is 7.81. The van der Waals surface area contributed by atoms with Gasteiger partial charge in [-0.1, -0.05) is 27.7 Å². The van der Waals surface area contributed by atoms with E-state index in [-0.39, 0.29) is 0 Å². The SMILES string of the molecule is CCc1ccc(N(C2CC2)S2(c3ccc4c(cnn4CC4CCOCC4)c3)OO2)cc1. The molecule has 164 valence electrons. The van der Waals surface area contributed by atoms with Gasteiger partial charge in [0, 0.05) is 25.1 Å². The van der Waals surface area contributed by atoms with Gasteiger partial charge in [-0.15, -0.1) is 0 Å². The molecule has 3 heterocycles. The van der Waals surface area contributed by atoms with Crippen LogP contribution >= 0.6 is 10.8 Å². The van der Waals surface area contributed by atoms with Crippen molar-refractivity contribution < 1.29 is 13.4 Å². The van der Waals surface area contributed by atoms with E-state index in [2.05, 4.69) is 58.4 Å². The van der Waals surface area contributed by atoms with E-state index in [1.54, 1.807) is 0 Å². The molecule has 3 fully saturated rings. The summed E-state index contributed by atoms with van der Waals surface area (Å²) in [6.45, 7) is 4.87. The maximum atomic E-state index is 5.80. The molecule has 1 aromatic heterocycles. The highest BCUT2D eigenvalue weighted by atomic mass is 32.3. The van der Waals surface area contributed by atoms with Crippen molar-refractivity contribution in [3.05, 3.63) is 54.2 Å². The Hall–Kier alpha value is -2.06. The molecule has 6 nitrogen and oxygen atoms in total. The molecule has 0 atom stereocenters. The first-order chi connectivity index (χ1) is 15.3. The van der Waals surface area contributed by atoms with Gasteiger partial charge in [-0.3, -0.25) is 8.99 Å². The third-order valence-electron chi connectivity index (χ3n) is 6.62. The number of hydrogen-bond donors (Lipinski definition) is 0. The smallest absolute Gasteiger partial charge is 0.0875 e. The van der Waals surface area contributed by atoms with Crippen molar-refractivity contribution in [2.45, 2.75) is 56.5 Å². The Kier molecular flexibility index (Phi) is 4.94. The first kappa shape index (κ1) is 19.6. The fraction of sp³-hybridized carbons (Fsp3) is 0.458.